The Morgan fingerprint density at radius 1 is 1.11 bits per heavy atom. The Kier molecular flexibility index (Phi) is 2.85. The number of nitrogens with one attached hydrogen (secondary N) is 1. The highest BCUT2D eigenvalue weighted by Gasteiger charge is 2.90. The van der Waals surface area contributed by atoms with E-state index in [0.717, 1.165) is 6.42 Å². The number of ketones is 1. The largest absolute Gasteiger partial charge is 0.392 e. The Morgan fingerprint density at radius 2 is 1.81 bits per heavy atom. The SMILES string of the molecule is CC1(C)CC[C@H](O)[C@]23CO[C@@](O)([C@@H](O)[C@H]12)[C@]12C(=O)C4(CN4)[C@H](CCC31)[C@H]2O. The predicted molar refractivity (Wildman–Crippen MR) is 92.2 cm³/mol. The first-order valence-electron chi connectivity index (χ1n) is 10.3. The molecular weight excluding hydrogens is 350 g/mol. The fourth-order valence-corrected chi connectivity index (χ4v) is 8.67. The number of Topliss-reactive ketones (excluding diaryl/α,β-unsaturated/α-hetero) is 1. The second kappa shape index (κ2) is 4.45. The number of fused-ring (bicyclic) bond motifs is 3. The molecule has 2 unspecified atom stereocenters. The van der Waals surface area contributed by atoms with Crippen molar-refractivity contribution in [2.75, 3.05) is 13.2 Å². The van der Waals surface area contributed by atoms with Gasteiger partial charge >= 0.3 is 0 Å². The summed E-state index contributed by atoms with van der Waals surface area (Å²) in [7, 11) is 0. The Morgan fingerprint density at radius 3 is 2.48 bits per heavy atom. The Balaban J connectivity index is 1.64. The third-order valence-electron chi connectivity index (χ3n) is 9.74. The van der Waals surface area contributed by atoms with Crippen molar-refractivity contribution in [2.24, 2.45) is 34.0 Å². The maximum Gasteiger partial charge on any atom is 0.208 e. The topological polar surface area (TPSA) is 129 Å². The number of aliphatic hydroxyl groups is 4. The molecule has 7 nitrogen and oxygen atoms in total. The monoisotopic (exact) mass is 379 g/mol. The first-order chi connectivity index (χ1) is 12.6. The normalized spacial score (nSPS) is 65.2. The molecule has 5 N–H and O–H groups in total. The molecule has 4 bridgehead atoms. The minimum Gasteiger partial charge on any atom is -0.392 e. The number of hydrogen-bond donors (Lipinski definition) is 5. The van der Waals surface area contributed by atoms with Gasteiger partial charge in [0.15, 0.2) is 5.78 Å². The molecule has 27 heavy (non-hydrogen) atoms. The van der Waals surface area contributed by atoms with Crippen LogP contribution >= 0.6 is 0 Å². The van der Waals surface area contributed by atoms with Gasteiger partial charge in [-0.15, -0.1) is 0 Å². The molecule has 7 aliphatic rings. The highest BCUT2D eigenvalue weighted by Crippen LogP contribution is 2.77. The minimum absolute atomic E-state index is 0.118. The lowest BCUT2D eigenvalue weighted by molar-refractivity contribution is -0.458. The van der Waals surface area contributed by atoms with Gasteiger partial charge in [-0.2, -0.15) is 0 Å². The minimum atomic E-state index is -2.11. The number of ether oxygens (including phenoxy) is 1. The van der Waals surface area contributed by atoms with Crippen molar-refractivity contribution >= 4 is 5.78 Å². The lowest BCUT2D eigenvalue weighted by atomic mass is 9.35. The average Bonchev–Trinajstić information content (AvgIpc) is 3.40. The predicted octanol–water partition coefficient (Wildman–Crippen LogP) is -0.839. The molecule has 3 aliphatic heterocycles. The lowest BCUT2D eigenvalue weighted by Gasteiger charge is -2.74. The molecule has 0 aromatic carbocycles. The zero-order chi connectivity index (χ0) is 19.2. The van der Waals surface area contributed by atoms with Gasteiger partial charge < -0.3 is 30.5 Å². The van der Waals surface area contributed by atoms with Crippen LogP contribution < -0.4 is 5.32 Å². The zero-order valence-corrected chi connectivity index (χ0v) is 15.8. The van der Waals surface area contributed by atoms with Crippen molar-refractivity contribution in [3.63, 3.8) is 0 Å². The van der Waals surface area contributed by atoms with Crippen LogP contribution in [0, 0.1) is 34.0 Å². The van der Waals surface area contributed by atoms with Gasteiger partial charge in [-0.1, -0.05) is 13.8 Å². The highest BCUT2D eigenvalue weighted by molar-refractivity contribution is 6.02. The molecule has 0 radical (unpaired) electrons. The second-order valence-electron chi connectivity index (χ2n) is 10.8. The van der Waals surface area contributed by atoms with E-state index in [1.807, 2.05) is 0 Å². The van der Waals surface area contributed by atoms with E-state index >= 15 is 0 Å². The van der Waals surface area contributed by atoms with Crippen molar-refractivity contribution < 1.29 is 30.0 Å². The Bertz CT molecular complexity index is 751. The van der Waals surface area contributed by atoms with Crippen molar-refractivity contribution in [1.82, 2.24) is 5.32 Å². The van der Waals surface area contributed by atoms with Crippen LogP contribution in [0.5, 0.6) is 0 Å². The molecule has 3 heterocycles. The van der Waals surface area contributed by atoms with Gasteiger partial charge in [0.1, 0.15) is 11.5 Å². The lowest BCUT2D eigenvalue weighted by Crippen LogP contribution is -2.85. The molecule has 10 atom stereocenters. The van der Waals surface area contributed by atoms with Crippen LogP contribution in [0.4, 0.5) is 0 Å². The van der Waals surface area contributed by atoms with Crippen LogP contribution in [0.1, 0.15) is 39.5 Å². The average molecular weight is 379 g/mol. The smallest absolute Gasteiger partial charge is 0.208 e. The standard InChI is InChI=1S/C20H29NO6/c1-16(2)6-5-11(22)17-8-27-20(26,14(24)12(16)17)19-10(17)4-3-9(13(19)23)18(7-21-18)15(19)25/h9-14,21-24,26H,3-8H2,1-2H3/t9-,10?,11+,12-,13-,14+,17-,18?,19-,20+/m1/s1. The third kappa shape index (κ3) is 1.41. The van der Waals surface area contributed by atoms with Gasteiger partial charge in [0, 0.05) is 23.8 Å². The van der Waals surface area contributed by atoms with Crippen LogP contribution in [0.25, 0.3) is 0 Å². The molecule has 0 aromatic heterocycles. The fraction of sp³-hybridized carbons (Fsp3) is 0.950. The molecule has 4 saturated carbocycles. The van der Waals surface area contributed by atoms with Crippen LogP contribution in [-0.4, -0.2) is 69.0 Å². The summed E-state index contributed by atoms with van der Waals surface area (Å²) in [4.78, 5) is 13.8. The molecule has 7 heteroatoms. The van der Waals surface area contributed by atoms with E-state index in [2.05, 4.69) is 19.2 Å². The number of hydrogen-bond acceptors (Lipinski definition) is 7. The highest BCUT2D eigenvalue weighted by atomic mass is 16.6. The zero-order valence-electron chi connectivity index (χ0n) is 15.8. The Labute approximate surface area is 158 Å². The summed E-state index contributed by atoms with van der Waals surface area (Å²) in [6, 6.07) is 0. The van der Waals surface area contributed by atoms with Crippen molar-refractivity contribution in [1.29, 1.82) is 0 Å². The quantitative estimate of drug-likeness (QED) is 0.347. The van der Waals surface area contributed by atoms with Crippen LogP contribution in [0.2, 0.25) is 0 Å². The first-order valence-corrected chi connectivity index (χ1v) is 10.3. The summed E-state index contributed by atoms with van der Waals surface area (Å²) in [5.41, 5.74) is -3.50. The molecule has 7 fully saturated rings. The summed E-state index contributed by atoms with van der Waals surface area (Å²) in [5, 5.41) is 48.9. The number of carbonyl (C=O) groups is 1. The van der Waals surface area contributed by atoms with Crippen molar-refractivity contribution in [2.45, 2.75) is 69.2 Å². The van der Waals surface area contributed by atoms with E-state index in [4.69, 9.17) is 4.74 Å². The molecular formula is C20H29NO6. The molecule has 7 rings (SSSR count). The van der Waals surface area contributed by atoms with E-state index in [-0.39, 0.29) is 29.6 Å². The number of rotatable bonds is 0. The molecule has 150 valence electrons. The summed E-state index contributed by atoms with van der Waals surface area (Å²) >= 11 is 0. The van der Waals surface area contributed by atoms with Crippen molar-refractivity contribution in [3.05, 3.63) is 0 Å². The van der Waals surface area contributed by atoms with Gasteiger partial charge in [0.2, 0.25) is 5.79 Å². The first kappa shape index (κ1) is 17.3. The molecule has 4 aliphatic carbocycles. The molecule has 3 saturated heterocycles. The number of carbonyl (C=O) groups excluding carboxylic acids is 1. The molecule has 0 amide bonds. The summed E-state index contributed by atoms with van der Waals surface area (Å²) in [5.74, 6) is -3.38. The summed E-state index contributed by atoms with van der Waals surface area (Å²) in [6.07, 6.45) is -0.483. The number of aliphatic hydroxyl groups excluding tert-OH is 3. The van der Waals surface area contributed by atoms with E-state index in [1.54, 1.807) is 0 Å². The van der Waals surface area contributed by atoms with Crippen LogP contribution in [0.3, 0.4) is 0 Å². The second-order valence-corrected chi connectivity index (χ2v) is 10.8. The van der Waals surface area contributed by atoms with E-state index in [1.165, 1.54) is 0 Å². The maximum atomic E-state index is 13.8. The maximum absolute atomic E-state index is 13.8. The van der Waals surface area contributed by atoms with Crippen molar-refractivity contribution in [3.8, 4) is 0 Å². The fourth-order valence-electron chi connectivity index (χ4n) is 8.67. The van der Waals surface area contributed by atoms with Gasteiger partial charge in [0.05, 0.1) is 24.4 Å². The van der Waals surface area contributed by atoms with Crippen LogP contribution in [0.15, 0.2) is 0 Å². The Hall–Kier alpha value is -0.570. The molecule has 0 aromatic rings. The van der Waals surface area contributed by atoms with E-state index in [0.29, 0.717) is 25.8 Å². The van der Waals surface area contributed by atoms with Gasteiger partial charge in [-0.25, -0.2) is 0 Å². The summed E-state index contributed by atoms with van der Waals surface area (Å²) < 4.78 is 5.89. The third-order valence-corrected chi connectivity index (χ3v) is 9.74. The molecule has 3 spiro atoms. The van der Waals surface area contributed by atoms with Gasteiger partial charge in [-0.3, -0.25) is 4.79 Å². The van der Waals surface area contributed by atoms with E-state index in [9.17, 15) is 25.2 Å². The van der Waals surface area contributed by atoms with E-state index < -0.39 is 46.4 Å². The van der Waals surface area contributed by atoms with Gasteiger partial charge in [-0.05, 0) is 37.0 Å². The van der Waals surface area contributed by atoms with Crippen LogP contribution in [-0.2, 0) is 9.53 Å². The van der Waals surface area contributed by atoms with Gasteiger partial charge in [0.25, 0.3) is 0 Å². The summed E-state index contributed by atoms with van der Waals surface area (Å²) in [6.45, 7) is 4.74.